The van der Waals surface area contributed by atoms with Crippen molar-refractivity contribution in [3.63, 3.8) is 0 Å². The summed E-state index contributed by atoms with van der Waals surface area (Å²) in [6, 6.07) is 20.3. The lowest BCUT2D eigenvalue weighted by Crippen LogP contribution is -2.40. The van der Waals surface area contributed by atoms with Gasteiger partial charge in [0.25, 0.3) is 5.91 Å². The standard InChI is InChI=1S/C23H25N3O.ClH/c27-23(20-11-10-18-6-1-2-7-19(18)16-20)26(17-21-8-3-4-14-25-21)22-9-5-13-24-15-12-22;/h1-4,6-8,10-11,14,16,22,24H,5,9,12-13,15,17H2;1H. The Kier molecular flexibility index (Phi) is 7.01. The first-order valence-electron chi connectivity index (χ1n) is 9.72. The van der Waals surface area contributed by atoms with Crippen LogP contribution in [0.25, 0.3) is 10.8 Å². The molecule has 1 amide bonds. The average molecular weight is 396 g/mol. The number of amides is 1. The topological polar surface area (TPSA) is 45.2 Å². The maximum Gasteiger partial charge on any atom is 0.254 e. The second-order valence-corrected chi connectivity index (χ2v) is 7.15. The van der Waals surface area contributed by atoms with Gasteiger partial charge in [0.1, 0.15) is 0 Å². The molecule has 1 fully saturated rings. The molecule has 0 bridgehead atoms. The molecule has 1 aliphatic rings. The summed E-state index contributed by atoms with van der Waals surface area (Å²) in [6.07, 6.45) is 4.89. The number of benzene rings is 2. The Bertz CT molecular complexity index is 908. The Morgan fingerprint density at radius 3 is 2.64 bits per heavy atom. The van der Waals surface area contributed by atoms with Gasteiger partial charge in [-0.3, -0.25) is 9.78 Å². The van der Waals surface area contributed by atoms with Gasteiger partial charge in [0.15, 0.2) is 0 Å². The van der Waals surface area contributed by atoms with Crippen molar-refractivity contribution >= 4 is 29.1 Å². The zero-order chi connectivity index (χ0) is 18.5. The number of hydrogen-bond acceptors (Lipinski definition) is 3. The van der Waals surface area contributed by atoms with Gasteiger partial charge in [-0.15, -0.1) is 12.4 Å². The number of carbonyl (C=O) groups excluding carboxylic acids is 1. The van der Waals surface area contributed by atoms with Gasteiger partial charge in [-0.05, 0) is 67.4 Å². The number of fused-ring (bicyclic) bond motifs is 1. The van der Waals surface area contributed by atoms with Crippen LogP contribution in [0, 0.1) is 0 Å². The van der Waals surface area contributed by atoms with E-state index < -0.39 is 0 Å². The van der Waals surface area contributed by atoms with Crippen molar-refractivity contribution in [1.82, 2.24) is 15.2 Å². The molecule has 1 unspecified atom stereocenters. The summed E-state index contributed by atoms with van der Waals surface area (Å²) in [5.74, 6) is 0.0957. The van der Waals surface area contributed by atoms with Crippen molar-refractivity contribution in [2.45, 2.75) is 31.8 Å². The first-order valence-corrected chi connectivity index (χ1v) is 9.72. The minimum atomic E-state index is 0. The number of pyridine rings is 1. The Balaban J connectivity index is 0.00000225. The summed E-state index contributed by atoms with van der Waals surface area (Å²) in [5, 5.41) is 5.70. The van der Waals surface area contributed by atoms with Crippen molar-refractivity contribution in [1.29, 1.82) is 0 Å². The molecule has 146 valence electrons. The number of rotatable bonds is 4. The fourth-order valence-corrected chi connectivity index (χ4v) is 3.83. The van der Waals surface area contributed by atoms with Gasteiger partial charge in [0, 0.05) is 17.8 Å². The van der Waals surface area contributed by atoms with Crippen LogP contribution < -0.4 is 5.32 Å². The lowest BCUT2D eigenvalue weighted by atomic mass is 10.0. The minimum Gasteiger partial charge on any atom is -0.330 e. The fraction of sp³-hybridized carbons (Fsp3) is 0.304. The predicted molar refractivity (Wildman–Crippen MR) is 116 cm³/mol. The van der Waals surface area contributed by atoms with Crippen molar-refractivity contribution in [2.75, 3.05) is 13.1 Å². The third kappa shape index (κ3) is 4.70. The van der Waals surface area contributed by atoms with Gasteiger partial charge >= 0.3 is 0 Å². The van der Waals surface area contributed by atoms with Crippen LogP contribution in [-0.4, -0.2) is 34.9 Å². The number of carbonyl (C=O) groups is 1. The summed E-state index contributed by atoms with van der Waals surface area (Å²) in [5.41, 5.74) is 1.69. The van der Waals surface area contributed by atoms with E-state index in [1.54, 1.807) is 6.20 Å². The largest absolute Gasteiger partial charge is 0.330 e. The third-order valence-corrected chi connectivity index (χ3v) is 5.30. The number of nitrogens with zero attached hydrogens (tertiary/aromatic N) is 2. The van der Waals surface area contributed by atoms with Crippen LogP contribution in [0.15, 0.2) is 66.9 Å². The lowest BCUT2D eigenvalue weighted by molar-refractivity contribution is 0.0642. The Labute approximate surface area is 172 Å². The summed E-state index contributed by atoms with van der Waals surface area (Å²) in [6.45, 7) is 2.53. The first kappa shape index (κ1) is 20.3. The maximum atomic E-state index is 13.5. The van der Waals surface area contributed by atoms with E-state index in [4.69, 9.17) is 0 Å². The van der Waals surface area contributed by atoms with Crippen LogP contribution in [0.1, 0.15) is 35.3 Å². The molecule has 1 N–H and O–H groups in total. The smallest absolute Gasteiger partial charge is 0.254 e. The monoisotopic (exact) mass is 395 g/mol. The second kappa shape index (κ2) is 9.67. The molecular weight excluding hydrogens is 370 g/mol. The van der Waals surface area contributed by atoms with Gasteiger partial charge < -0.3 is 10.2 Å². The van der Waals surface area contributed by atoms with Crippen molar-refractivity contribution in [2.24, 2.45) is 0 Å². The Morgan fingerprint density at radius 1 is 1.00 bits per heavy atom. The highest BCUT2D eigenvalue weighted by Crippen LogP contribution is 2.22. The van der Waals surface area contributed by atoms with Crippen LogP contribution in [0.5, 0.6) is 0 Å². The van der Waals surface area contributed by atoms with Crippen LogP contribution in [0.3, 0.4) is 0 Å². The van der Waals surface area contributed by atoms with E-state index in [-0.39, 0.29) is 24.4 Å². The quantitative estimate of drug-likeness (QED) is 0.710. The molecular formula is C23H26ClN3O. The third-order valence-electron chi connectivity index (χ3n) is 5.30. The molecule has 4 nitrogen and oxygen atoms in total. The van der Waals surface area contributed by atoms with Gasteiger partial charge in [-0.1, -0.05) is 36.4 Å². The van der Waals surface area contributed by atoms with Crippen LogP contribution in [-0.2, 0) is 6.54 Å². The average Bonchev–Trinajstić information content (AvgIpc) is 3.01. The summed E-state index contributed by atoms with van der Waals surface area (Å²) in [4.78, 5) is 20.0. The molecule has 2 aromatic carbocycles. The first-order chi connectivity index (χ1) is 13.3. The van der Waals surface area contributed by atoms with Crippen LogP contribution in [0.2, 0.25) is 0 Å². The number of nitrogens with one attached hydrogen (secondary N) is 1. The highest BCUT2D eigenvalue weighted by atomic mass is 35.5. The van der Waals surface area contributed by atoms with Crippen LogP contribution in [0.4, 0.5) is 0 Å². The van der Waals surface area contributed by atoms with E-state index in [0.717, 1.165) is 54.4 Å². The molecule has 0 aliphatic carbocycles. The van der Waals surface area contributed by atoms with Crippen molar-refractivity contribution in [3.8, 4) is 0 Å². The molecule has 0 radical (unpaired) electrons. The molecule has 1 aliphatic heterocycles. The number of halogens is 1. The normalized spacial score (nSPS) is 16.8. The zero-order valence-electron chi connectivity index (χ0n) is 15.9. The van der Waals surface area contributed by atoms with Gasteiger partial charge in [0.2, 0.25) is 0 Å². The van der Waals surface area contributed by atoms with E-state index in [1.165, 1.54) is 0 Å². The maximum absolute atomic E-state index is 13.5. The SMILES string of the molecule is Cl.O=C(c1ccc2ccccc2c1)N(Cc1ccccn1)C1CCCNCC1. The Morgan fingerprint density at radius 2 is 1.82 bits per heavy atom. The number of hydrogen-bond donors (Lipinski definition) is 1. The molecule has 1 atom stereocenters. The summed E-state index contributed by atoms with van der Waals surface area (Å²) >= 11 is 0. The van der Waals surface area contributed by atoms with Gasteiger partial charge in [-0.2, -0.15) is 0 Å². The summed E-state index contributed by atoms with van der Waals surface area (Å²) < 4.78 is 0. The Hall–Kier alpha value is -2.43. The zero-order valence-corrected chi connectivity index (χ0v) is 16.7. The van der Waals surface area contributed by atoms with E-state index >= 15 is 0 Å². The van der Waals surface area contributed by atoms with E-state index in [2.05, 4.69) is 22.4 Å². The molecule has 0 saturated carbocycles. The molecule has 28 heavy (non-hydrogen) atoms. The molecule has 2 heterocycles. The minimum absolute atomic E-state index is 0. The van der Waals surface area contributed by atoms with Gasteiger partial charge in [-0.25, -0.2) is 0 Å². The highest BCUT2D eigenvalue weighted by molar-refractivity contribution is 5.98. The van der Waals surface area contributed by atoms with E-state index in [1.807, 2.05) is 53.4 Å². The summed E-state index contributed by atoms with van der Waals surface area (Å²) in [7, 11) is 0. The fourth-order valence-electron chi connectivity index (χ4n) is 3.83. The molecule has 3 aromatic rings. The van der Waals surface area contributed by atoms with E-state index in [0.29, 0.717) is 6.54 Å². The van der Waals surface area contributed by atoms with Crippen molar-refractivity contribution in [3.05, 3.63) is 78.1 Å². The van der Waals surface area contributed by atoms with Crippen LogP contribution >= 0.6 is 12.4 Å². The molecule has 1 saturated heterocycles. The second-order valence-electron chi connectivity index (χ2n) is 7.15. The van der Waals surface area contributed by atoms with E-state index in [9.17, 15) is 4.79 Å². The molecule has 0 spiro atoms. The van der Waals surface area contributed by atoms with Gasteiger partial charge in [0.05, 0.1) is 12.2 Å². The molecule has 4 rings (SSSR count). The highest BCUT2D eigenvalue weighted by Gasteiger charge is 2.26. The lowest BCUT2D eigenvalue weighted by Gasteiger charge is -2.31. The molecule has 1 aromatic heterocycles. The van der Waals surface area contributed by atoms with Crippen molar-refractivity contribution < 1.29 is 4.79 Å². The number of aromatic nitrogens is 1. The molecule has 5 heteroatoms. The predicted octanol–water partition coefficient (Wildman–Crippen LogP) is 4.44.